The molecule has 0 spiro atoms. The summed E-state index contributed by atoms with van der Waals surface area (Å²) in [5, 5.41) is 0. The third-order valence-electron chi connectivity index (χ3n) is 3.55. The fourth-order valence-electron chi connectivity index (χ4n) is 2.10. The number of hydrogen-bond acceptors (Lipinski definition) is 2. The van der Waals surface area contributed by atoms with Gasteiger partial charge in [-0.15, -0.1) is 0 Å². The van der Waals surface area contributed by atoms with E-state index in [2.05, 4.69) is 6.92 Å². The van der Waals surface area contributed by atoms with Gasteiger partial charge < -0.3 is 9.80 Å². The molecule has 4 heteroatoms. The van der Waals surface area contributed by atoms with Crippen molar-refractivity contribution < 1.29 is 9.59 Å². The topological polar surface area (TPSA) is 40.6 Å². The summed E-state index contributed by atoms with van der Waals surface area (Å²) in [5.74, 6) is 0.147. The molecule has 0 N–H and O–H groups in total. The smallest absolute Gasteiger partial charge is 0.241 e. The van der Waals surface area contributed by atoms with Gasteiger partial charge in [0, 0.05) is 25.6 Å². The second kappa shape index (κ2) is 5.52. The van der Waals surface area contributed by atoms with Gasteiger partial charge in [-0.1, -0.05) is 13.3 Å². The van der Waals surface area contributed by atoms with Gasteiger partial charge in [0.25, 0.3) is 0 Å². The van der Waals surface area contributed by atoms with Crippen molar-refractivity contribution in [1.82, 2.24) is 9.80 Å². The fraction of sp³-hybridized carbons (Fsp3) is 0.846. The number of likely N-dealkylation sites (tertiary alicyclic amines) is 1. The van der Waals surface area contributed by atoms with Gasteiger partial charge >= 0.3 is 0 Å². The molecule has 0 aromatic rings. The zero-order valence-corrected chi connectivity index (χ0v) is 11.5. The van der Waals surface area contributed by atoms with Crippen LogP contribution in [-0.2, 0) is 9.59 Å². The van der Waals surface area contributed by atoms with Crippen molar-refractivity contribution in [3.63, 3.8) is 0 Å². The minimum atomic E-state index is -0.168. The number of carbonyl (C=O) groups excluding carboxylic acids is 2. The quantitative estimate of drug-likeness (QED) is 0.733. The molecular weight excluding hydrogens is 216 g/mol. The van der Waals surface area contributed by atoms with E-state index in [4.69, 9.17) is 0 Å². The monoisotopic (exact) mass is 240 g/mol. The first-order chi connectivity index (χ1) is 7.88. The van der Waals surface area contributed by atoms with Gasteiger partial charge in [0.1, 0.15) is 6.54 Å². The van der Waals surface area contributed by atoms with Crippen LogP contribution in [0.25, 0.3) is 0 Å². The third-order valence-corrected chi connectivity index (χ3v) is 3.55. The average molecular weight is 240 g/mol. The number of nitrogens with zero attached hydrogens (tertiary/aromatic N) is 2. The summed E-state index contributed by atoms with van der Waals surface area (Å²) in [6, 6.07) is 0. The van der Waals surface area contributed by atoms with E-state index in [1.807, 2.05) is 20.9 Å². The first kappa shape index (κ1) is 14.0. The lowest BCUT2D eigenvalue weighted by molar-refractivity contribution is -0.140. The zero-order chi connectivity index (χ0) is 13.1. The van der Waals surface area contributed by atoms with E-state index in [1.165, 1.54) is 0 Å². The highest BCUT2D eigenvalue weighted by Crippen LogP contribution is 2.28. The maximum atomic E-state index is 12.0. The Labute approximate surface area is 104 Å². The molecule has 17 heavy (non-hydrogen) atoms. The highest BCUT2D eigenvalue weighted by molar-refractivity contribution is 5.86. The Balaban J connectivity index is 2.53. The maximum absolute atomic E-state index is 12.0. The van der Waals surface area contributed by atoms with Gasteiger partial charge in [-0.3, -0.25) is 9.59 Å². The van der Waals surface area contributed by atoms with Crippen LogP contribution in [0.15, 0.2) is 0 Å². The summed E-state index contributed by atoms with van der Waals surface area (Å²) < 4.78 is 0. The van der Waals surface area contributed by atoms with Crippen molar-refractivity contribution in [2.75, 3.05) is 20.1 Å². The van der Waals surface area contributed by atoms with E-state index >= 15 is 0 Å². The lowest BCUT2D eigenvalue weighted by Crippen LogP contribution is -2.47. The summed E-state index contributed by atoms with van der Waals surface area (Å²) in [7, 11) is 1.81. The van der Waals surface area contributed by atoms with Crippen LogP contribution in [0, 0.1) is 0 Å². The Morgan fingerprint density at radius 2 is 2.12 bits per heavy atom. The molecule has 1 heterocycles. The first-order valence-electron chi connectivity index (χ1n) is 6.43. The van der Waals surface area contributed by atoms with Crippen LogP contribution >= 0.6 is 0 Å². The van der Waals surface area contributed by atoms with E-state index in [0.717, 1.165) is 25.8 Å². The van der Waals surface area contributed by atoms with Crippen LogP contribution in [0.1, 0.15) is 46.5 Å². The molecule has 0 saturated carbocycles. The second-order valence-electron chi connectivity index (χ2n) is 5.46. The molecule has 1 aliphatic rings. The number of rotatable bonds is 5. The van der Waals surface area contributed by atoms with E-state index in [-0.39, 0.29) is 23.9 Å². The molecule has 0 radical (unpaired) electrons. The Bertz CT molecular complexity index is 300. The van der Waals surface area contributed by atoms with Gasteiger partial charge in [0.15, 0.2) is 0 Å². The number of amides is 2. The molecule has 98 valence electrons. The van der Waals surface area contributed by atoms with Gasteiger partial charge in [-0.2, -0.15) is 0 Å². The Morgan fingerprint density at radius 3 is 2.59 bits per heavy atom. The lowest BCUT2D eigenvalue weighted by Gasteiger charge is -2.32. The van der Waals surface area contributed by atoms with Gasteiger partial charge in [0.05, 0.1) is 0 Å². The number of likely N-dealkylation sites (N-methyl/N-ethyl adjacent to an activating group) is 1. The van der Waals surface area contributed by atoms with Crippen LogP contribution in [0.3, 0.4) is 0 Å². The summed E-state index contributed by atoms with van der Waals surface area (Å²) in [5.41, 5.74) is -0.168. The molecule has 2 amide bonds. The molecule has 0 unspecified atom stereocenters. The van der Waals surface area contributed by atoms with E-state index < -0.39 is 0 Å². The van der Waals surface area contributed by atoms with Crippen LogP contribution in [0.2, 0.25) is 0 Å². The summed E-state index contributed by atoms with van der Waals surface area (Å²) in [4.78, 5) is 27.1. The minimum Gasteiger partial charge on any atom is -0.344 e. The molecule has 0 bridgehead atoms. The maximum Gasteiger partial charge on any atom is 0.241 e. The van der Waals surface area contributed by atoms with E-state index in [9.17, 15) is 9.59 Å². The zero-order valence-electron chi connectivity index (χ0n) is 11.5. The van der Waals surface area contributed by atoms with Crippen molar-refractivity contribution in [2.24, 2.45) is 0 Å². The average Bonchev–Trinajstić information content (AvgIpc) is 2.52. The molecule has 1 rings (SSSR count). The van der Waals surface area contributed by atoms with E-state index in [1.54, 1.807) is 9.80 Å². The second-order valence-corrected chi connectivity index (χ2v) is 5.46. The first-order valence-corrected chi connectivity index (χ1v) is 6.43. The summed E-state index contributed by atoms with van der Waals surface area (Å²) in [6.45, 7) is 7.16. The highest BCUT2D eigenvalue weighted by Gasteiger charge is 2.38. The molecule has 1 saturated heterocycles. The molecule has 1 fully saturated rings. The Hall–Kier alpha value is -1.06. The van der Waals surface area contributed by atoms with E-state index in [0.29, 0.717) is 6.42 Å². The van der Waals surface area contributed by atoms with Crippen LogP contribution < -0.4 is 0 Å². The van der Waals surface area contributed by atoms with Crippen LogP contribution in [0.4, 0.5) is 0 Å². The molecule has 0 aliphatic carbocycles. The number of carbonyl (C=O) groups is 2. The molecule has 0 aromatic carbocycles. The molecule has 4 nitrogen and oxygen atoms in total. The largest absolute Gasteiger partial charge is 0.344 e. The third kappa shape index (κ3) is 3.45. The van der Waals surface area contributed by atoms with Crippen molar-refractivity contribution in [3.8, 4) is 0 Å². The van der Waals surface area contributed by atoms with Crippen molar-refractivity contribution >= 4 is 11.8 Å². The number of hydrogen-bond donors (Lipinski definition) is 0. The Kier molecular flexibility index (Phi) is 4.54. The van der Waals surface area contributed by atoms with Crippen molar-refractivity contribution in [2.45, 2.75) is 52.0 Å². The molecule has 0 atom stereocenters. The molecule has 0 aromatic heterocycles. The normalized spacial score (nSPS) is 18.6. The lowest BCUT2D eigenvalue weighted by atomic mass is 10.0. The fourth-order valence-corrected chi connectivity index (χ4v) is 2.10. The Morgan fingerprint density at radius 1 is 1.47 bits per heavy atom. The van der Waals surface area contributed by atoms with Gasteiger partial charge in [-0.05, 0) is 26.7 Å². The van der Waals surface area contributed by atoms with Crippen LogP contribution in [0.5, 0.6) is 0 Å². The minimum absolute atomic E-state index is 0.0433. The van der Waals surface area contributed by atoms with Crippen LogP contribution in [-0.4, -0.2) is 47.3 Å². The standard InChI is InChI=1S/C13H24N2O2/c1-5-6-9-14(4)12(17)10-15-11(16)7-8-13(15,2)3/h5-10H2,1-4H3. The van der Waals surface area contributed by atoms with Crippen molar-refractivity contribution in [3.05, 3.63) is 0 Å². The SMILES string of the molecule is CCCCN(C)C(=O)CN1C(=O)CCC1(C)C. The summed E-state index contributed by atoms with van der Waals surface area (Å²) in [6.07, 6.45) is 3.50. The summed E-state index contributed by atoms with van der Waals surface area (Å²) >= 11 is 0. The van der Waals surface area contributed by atoms with Gasteiger partial charge in [-0.25, -0.2) is 0 Å². The van der Waals surface area contributed by atoms with Crippen molar-refractivity contribution in [1.29, 1.82) is 0 Å². The predicted molar refractivity (Wildman–Crippen MR) is 67.6 cm³/mol. The number of unbranched alkanes of at least 4 members (excludes halogenated alkanes) is 1. The molecular formula is C13H24N2O2. The highest BCUT2D eigenvalue weighted by atomic mass is 16.2. The predicted octanol–water partition coefficient (Wildman–Crippen LogP) is 1.65. The molecule has 1 aliphatic heterocycles. The van der Waals surface area contributed by atoms with Gasteiger partial charge in [0.2, 0.25) is 11.8 Å².